The fourth-order valence-electron chi connectivity index (χ4n) is 2.24. The smallest absolute Gasteiger partial charge is 0.164 e. The summed E-state index contributed by atoms with van der Waals surface area (Å²) in [5, 5.41) is 8.81. The molecule has 0 N–H and O–H groups in total. The predicted molar refractivity (Wildman–Crippen MR) is 77.8 cm³/mol. The lowest BCUT2D eigenvalue weighted by Crippen LogP contribution is -2.06. The van der Waals surface area contributed by atoms with Crippen molar-refractivity contribution in [2.75, 3.05) is 0 Å². The van der Waals surface area contributed by atoms with E-state index in [9.17, 15) is 9.65 Å². The van der Waals surface area contributed by atoms with Crippen LogP contribution in [-0.2, 0) is 0 Å². The summed E-state index contributed by atoms with van der Waals surface area (Å²) in [6, 6.07) is 9.90. The summed E-state index contributed by atoms with van der Waals surface area (Å²) >= 11 is 6.18. The topological polar surface area (TPSA) is 54.5 Å². The molecule has 0 radical (unpaired) electrons. The largest absolute Gasteiger partial charge is 0.278 e. The van der Waals surface area contributed by atoms with Crippen LogP contribution in [0.3, 0.4) is 0 Å². The van der Waals surface area contributed by atoms with Crippen LogP contribution in [0.4, 0.5) is 4.39 Å². The van der Waals surface area contributed by atoms with E-state index in [1.165, 1.54) is 6.07 Å². The molecule has 0 aliphatic rings. The fourth-order valence-corrected chi connectivity index (χ4v) is 2.39. The van der Waals surface area contributed by atoms with Gasteiger partial charge in [-0.05, 0) is 31.2 Å². The standard InChI is InChI=1S/C15H10ClFN4/c1-9(16)14-20-12-5-3-7-19-15(12)21(14)13-6-2-4-11(17)10(13)8-18/h2-7,9H,1H3. The normalized spacial score (nSPS) is 12.3. The van der Waals surface area contributed by atoms with E-state index in [4.69, 9.17) is 11.6 Å². The number of nitriles is 1. The van der Waals surface area contributed by atoms with Crippen LogP contribution in [-0.4, -0.2) is 14.5 Å². The monoisotopic (exact) mass is 300 g/mol. The van der Waals surface area contributed by atoms with Gasteiger partial charge < -0.3 is 0 Å². The van der Waals surface area contributed by atoms with Gasteiger partial charge in [-0.3, -0.25) is 4.57 Å². The zero-order chi connectivity index (χ0) is 15.0. The first-order valence-electron chi connectivity index (χ1n) is 6.30. The minimum absolute atomic E-state index is 0.0546. The molecule has 1 unspecified atom stereocenters. The Kier molecular flexibility index (Phi) is 3.32. The van der Waals surface area contributed by atoms with E-state index in [-0.39, 0.29) is 5.56 Å². The first kappa shape index (κ1) is 13.5. The molecule has 3 rings (SSSR count). The Morgan fingerprint density at radius 3 is 2.86 bits per heavy atom. The van der Waals surface area contributed by atoms with Gasteiger partial charge in [0.1, 0.15) is 28.8 Å². The van der Waals surface area contributed by atoms with Crippen molar-refractivity contribution in [1.29, 1.82) is 5.26 Å². The molecule has 1 atom stereocenters. The van der Waals surface area contributed by atoms with Crippen LogP contribution in [0.15, 0.2) is 36.5 Å². The van der Waals surface area contributed by atoms with Crippen molar-refractivity contribution in [2.24, 2.45) is 0 Å². The highest BCUT2D eigenvalue weighted by Gasteiger charge is 2.20. The maximum absolute atomic E-state index is 13.9. The van der Waals surface area contributed by atoms with Crippen LogP contribution in [0.25, 0.3) is 16.9 Å². The van der Waals surface area contributed by atoms with E-state index >= 15 is 0 Å². The van der Waals surface area contributed by atoms with Gasteiger partial charge in [0.2, 0.25) is 0 Å². The zero-order valence-electron chi connectivity index (χ0n) is 11.1. The molecule has 0 fully saturated rings. The van der Waals surface area contributed by atoms with E-state index in [0.29, 0.717) is 22.7 Å². The van der Waals surface area contributed by atoms with Crippen molar-refractivity contribution in [3.05, 3.63) is 53.7 Å². The number of benzene rings is 1. The van der Waals surface area contributed by atoms with Gasteiger partial charge in [-0.1, -0.05) is 6.07 Å². The van der Waals surface area contributed by atoms with Crippen molar-refractivity contribution in [1.82, 2.24) is 14.5 Å². The van der Waals surface area contributed by atoms with Gasteiger partial charge in [-0.2, -0.15) is 5.26 Å². The number of nitrogens with zero attached hydrogens (tertiary/aromatic N) is 4. The quantitative estimate of drug-likeness (QED) is 0.678. The van der Waals surface area contributed by atoms with Gasteiger partial charge in [0.15, 0.2) is 5.65 Å². The molecule has 0 aliphatic carbocycles. The molecule has 1 aromatic carbocycles. The number of hydrogen-bond donors (Lipinski definition) is 0. The lowest BCUT2D eigenvalue weighted by molar-refractivity contribution is 0.622. The molecule has 0 bridgehead atoms. The molecule has 2 heterocycles. The minimum atomic E-state index is -0.582. The Hall–Kier alpha value is -2.45. The molecular weight excluding hydrogens is 291 g/mol. The summed E-state index contributed by atoms with van der Waals surface area (Å²) in [7, 11) is 0. The molecule has 104 valence electrons. The first-order valence-corrected chi connectivity index (χ1v) is 6.73. The number of pyridine rings is 1. The van der Waals surface area contributed by atoms with Crippen LogP contribution < -0.4 is 0 Å². The van der Waals surface area contributed by atoms with Gasteiger partial charge in [0.05, 0.1) is 11.1 Å². The summed E-state index contributed by atoms with van der Waals surface area (Å²) in [5.41, 5.74) is 1.53. The Bertz CT molecular complexity index is 864. The third kappa shape index (κ3) is 2.14. The van der Waals surface area contributed by atoms with Crippen LogP contribution >= 0.6 is 11.6 Å². The second-order valence-electron chi connectivity index (χ2n) is 4.51. The summed E-state index contributed by atoms with van der Waals surface area (Å²) in [6.07, 6.45) is 1.62. The highest BCUT2D eigenvalue weighted by molar-refractivity contribution is 6.20. The minimum Gasteiger partial charge on any atom is -0.278 e. The maximum atomic E-state index is 13.9. The molecular formula is C15H10ClFN4. The number of halogens is 2. The van der Waals surface area contributed by atoms with Gasteiger partial charge >= 0.3 is 0 Å². The second-order valence-corrected chi connectivity index (χ2v) is 5.17. The Morgan fingerprint density at radius 2 is 2.14 bits per heavy atom. The lowest BCUT2D eigenvalue weighted by Gasteiger charge is -2.11. The highest BCUT2D eigenvalue weighted by Crippen LogP contribution is 2.29. The first-order chi connectivity index (χ1) is 10.1. The third-order valence-corrected chi connectivity index (χ3v) is 3.34. The molecule has 0 saturated heterocycles. The van der Waals surface area contributed by atoms with E-state index in [0.717, 1.165) is 0 Å². The van der Waals surface area contributed by atoms with Crippen LogP contribution in [0, 0.1) is 17.1 Å². The van der Waals surface area contributed by atoms with Crippen molar-refractivity contribution in [3.8, 4) is 11.8 Å². The van der Waals surface area contributed by atoms with E-state index in [2.05, 4.69) is 9.97 Å². The molecule has 21 heavy (non-hydrogen) atoms. The summed E-state index contributed by atoms with van der Waals surface area (Å²) in [6.45, 7) is 1.77. The number of alkyl halides is 1. The Labute approximate surface area is 125 Å². The second kappa shape index (κ2) is 5.15. The molecule has 0 saturated carbocycles. The number of hydrogen-bond acceptors (Lipinski definition) is 3. The molecule has 0 aliphatic heterocycles. The summed E-state index contributed by atoms with van der Waals surface area (Å²) in [5.74, 6) is -0.0616. The number of imidazole rings is 1. The van der Waals surface area contributed by atoms with Crippen LogP contribution in [0.5, 0.6) is 0 Å². The SMILES string of the molecule is CC(Cl)c1nc2cccnc2n1-c1cccc(F)c1C#N. The van der Waals surface area contributed by atoms with E-state index in [1.54, 1.807) is 42.0 Å². The van der Waals surface area contributed by atoms with Crippen molar-refractivity contribution >= 4 is 22.8 Å². The number of rotatable bonds is 2. The van der Waals surface area contributed by atoms with E-state index in [1.807, 2.05) is 6.07 Å². The average molecular weight is 301 g/mol. The zero-order valence-corrected chi connectivity index (χ0v) is 11.8. The van der Waals surface area contributed by atoms with Gasteiger partial charge in [0.25, 0.3) is 0 Å². The summed E-state index contributed by atoms with van der Waals surface area (Å²) in [4.78, 5) is 8.71. The van der Waals surface area contributed by atoms with Crippen molar-refractivity contribution < 1.29 is 4.39 Å². The highest BCUT2D eigenvalue weighted by atomic mass is 35.5. The van der Waals surface area contributed by atoms with Crippen LogP contribution in [0.1, 0.15) is 23.7 Å². The molecule has 2 aromatic heterocycles. The Morgan fingerprint density at radius 1 is 1.33 bits per heavy atom. The average Bonchev–Trinajstić information content (AvgIpc) is 2.86. The molecule has 3 aromatic rings. The predicted octanol–water partition coefficient (Wildman–Crippen LogP) is 3.73. The molecule has 0 spiro atoms. The molecule has 6 heteroatoms. The number of fused-ring (bicyclic) bond motifs is 1. The van der Waals surface area contributed by atoms with E-state index < -0.39 is 11.2 Å². The van der Waals surface area contributed by atoms with Gasteiger partial charge in [-0.25, -0.2) is 14.4 Å². The van der Waals surface area contributed by atoms with Gasteiger partial charge in [0, 0.05) is 6.20 Å². The molecule has 0 amide bonds. The van der Waals surface area contributed by atoms with Gasteiger partial charge in [-0.15, -0.1) is 11.6 Å². The maximum Gasteiger partial charge on any atom is 0.164 e. The summed E-state index contributed by atoms with van der Waals surface area (Å²) < 4.78 is 15.5. The number of aromatic nitrogens is 3. The molecule has 4 nitrogen and oxygen atoms in total. The van der Waals surface area contributed by atoms with Crippen molar-refractivity contribution in [3.63, 3.8) is 0 Å². The fraction of sp³-hybridized carbons (Fsp3) is 0.133. The third-order valence-electron chi connectivity index (χ3n) is 3.14. The van der Waals surface area contributed by atoms with Crippen molar-refractivity contribution in [2.45, 2.75) is 12.3 Å². The Balaban J connectivity index is 2.42. The van der Waals surface area contributed by atoms with Crippen LogP contribution in [0.2, 0.25) is 0 Å². The lowest BCUT2D eigenvalue weighted by atomic mass is 10.1.